The SMILES string of the molecule is O=C1CSC(c2ccc(F)c(Br)c2)N1Cc1ccco1. The van der Waals surface area contributed by atoms with E-state index in [1.165, 1.54) is 17.8 Å². The number of halogens is 2. The molecule has 0 spiro atoms. The molecule has 1 aliphatic heterocycles. The number of rotatable bonds is 3. The third kappa shape index (κ3) is 2.62. The zero-order chi connectivity index (χ0) is 14.1. The van der Waals surface area contributed by atoms with Crippen LogP contribution in [0.4, 0.5) is 4.39 Å². The van der Waals surface area contributed by atoms with Crippen LogP contribution in [0.3, 0.4) is 0 Å². The third-order valence-corrected chi connectivity index (χ3v) is 4.97. The Kier molecular flexibility index (Phi) is 3.85. The fourth-order valence-electron chi connectivity index (χ4n) is 2.14. The second kappa shape index (κ2) is 5.61. The summed E-state index contributed by atoms with van der Waals surface area (Å²) in [6.45, 7) is 0.429. The fraction of sp³-hybridized carbons (Fsp3) is 0.214. The van der Waals surface area contributed by atoms with E-state index in [4.69, 9.17) is 4.42 Å². The zero-order valence-electron chi connectivity index (χ0n) is 10.4. The molecule has 1 amide bonds. The van der Waals surface area contributed by atoms with Gasteiger partial charge < -0.3 is 9.32 Å². The molecule has 1 atom stereocenters. The largest absolute Gasteiger partial charge is 0.467 e. The van der Waals surface area contributed by atoms with E-state index in [0.29, 0.717) is 16.8 Å². The Balaban J connectivity index is 1.87. The van der Waals surface area contributed by atoms with Crippen molar-refractivity contribution in [1.82, 2.24) is 4.90 Å². The topological polar surface area (TPSA) is 33.5 Å². The summed E-state index contributed by atoms with van der Waals surface area (Å²) in [5.74, 6) is 0.935. The molecule has 1 aromatic heterocycles. The number of carbonyl (C=O) groups is 1. The predicted octanol–water partition coefficient (Wildman–Crippen LogP) is 3.96. The Bertz CT molecular complexity index is 632. The first kappa shape index (κ1) is 13.7. The van der Waals surface area contributed by atoms with E-state index in [9.17, 15) is 9.18 Å². The van der Waals surface area contributed by atoms with Crippen molar-refractivity contribution in [1.29, 1.82) is 0 Å². The van der Waals surface area contributed by atoms with E-state index in [1.807, 2.05) is 6.07 Å². The lowest BCUT2D eigenvalue weighted by atomic mass is 10.2. The minimum absolute atomic E-state index is 0.0665. The van der Waals surface area contributed by atoms with Gasteiger partial charge in [0.15, 0.2) is 0 Å². The van der Waals surface area contributed by atoms with Gasteiger partial charge in [-0.1, -0.05) is 6.07 Å². The molecule has 6 heteroatoms. The molecule has 0 aliphatic carbocycles. The summed E-state index contributed by atoms with van der Waals surface area (Å²) in [5, 5.41) is -0.107. The van der Waals surface area contributed by atoms with Gasteiger partial charge in [-0.2, -0.15) is 0 Å². The van der Waals surface area contributed by atoms with Crippen molar-refractivity contribution in [2.75, 3.05) is 5.75 Å². The van der Waals surface area contributed by atoms with Crippen molar-refractivity contribution in [2.24, 2.45) is 0 Å². The van der Waals surface area contributed by atoms with Crippen molar-refractivity contribution >= 4 is 33.6 Å². The molecule has 0 N–H and O–H groups in total. The smallest absolute Gasteiger partial charge is 0.234 e. The number of nitrogens with zero attached hydrogens (tertiary/aromatic N) is 1. The molecule has 0 bridgehead atoms. The summed E-state index contributed by atoms with van der Waals surface area (Å²) in [6, 6.07) is 8.49. The molecule has 1 aliphatic rings. The van der Waals surface area contributed by atoms with Gasteiger partial charge in [-0.3, -0.25) is 4.79 Å². The van der Waals surface area contributed by atoms with Gasteiger partial charge in [0.2, 0.25) is 5.91 Å². The number of amides is 1. The maximum Gasteiger partial charge on any atom is 0.234 e. The number of carbonyl (C=O) groups excluding carboxylic acids is 1. The lowest BCUT2D eigenvalue weighted by Gasteiger charge is -2.23. The van der Waals surface area contributed by atoms with Crippen LogP contribution in [0, 0.1) is 5.82 Å². The van der Waals surface area contributed by atoms with Gasteiger partial charge in [0.1, 0.15) is 17.0 Å². The van der Waals surface area contributed by atoms with Crippen molar-refractivity contribution < 1.29 is 13.6 Å². The van der Waals surface area contributed by atoms with Crippen molar-refractivity contribution in [3.63, 3.8) is 0 Å². The highest BCUT2D eigenvalue weighted by molar-refractivity contribution is 9.10. The molecule has 3 nitrogen and oxygen atoms in total. The molecule has 1 aromatic carbocycles. The van der Waals surface area contributed by atoms with E-state index in [2.05, 4.69) is 15.9 Å². The standard InChI is InChI=1S/C14H11BrFNO2S/c15-11-6-9(3-4-12(11)16)14-17(13(18)8-20-14)7-10-2-1-5-19-10/h1-6,14H,7-8H2. The monoisotopic (exact) mass is 355 g/mol. The quantitative estimate of drug-likeness (QED) is 0.835. The van der Waals surface area contributed by atoms with Crippen molar-refractivity contribution in [2.45, 2.75) is 11.9 Å². The highest BCUT2D eigenvalue weighted by Crippen LogP contribution is 2.40. The number of benzene rings is 1. The lowest BCUT2D eigenvalue weighted by Crippen LogP contribution is -2.27. The molecule has 3 rings (SSSR count). The fourth-order valence-corrected chi connectivity index (χ4v) is 3.71. The molecular weight excluding hydrogens is 345 g/mol. The van der Waals surface area contributed by atoms with Gasteiger partial charge in [0.05, 0.1) is 23.0 Å². The Hall–Kier alpha value is -1.27. The van der Waals surface area contributed by atoms with Gasteiger partial charge in [0.25, 0.3) is 0 Å². The molecule has 2 heterocycles. The minimum atomic E-state index is -0.305. The number of thioether (sulfide) groups is 1. The van der Waals surface area contributed by atoms with E-state index in [-0.39, 0.29) is 17.1 Å². The Labute approximate surface area is 128 Å². The highest BCUT2D eigenvalue weighted by Gasteiger charge is 2.33. The van der Waals surface area contributed by atoms with Gasteiger partial charge in [0, 0.05) is 0 Å². The van der Waals surface area contributed by atoms with Crippen molar-refractivity contribution in [3.8, 4) is 0 Å². The van der Waals surface area contributed by atoms with Crippen LogP contribution in [0.2, 0.25) is 0 Å². The number of hydrogen-bond donors (Lipinski definition) is 0. The second-order valence-corrected chi connectivity index (χ2v) is 6.36. The zero-order valence-corrected chi connectivity index (χ0v) is 12.8. The van der Waals surface area contributed by atoms with E-state index < -0.39 is 0 Å². The Morgan fingerprint density at radius 2 is 2.30 bits per heavy atom. The maximum atomic E-state index is 13.3. The molecule has 20 heavy (non-hydrogen) atoms. The Morgan fingerprint density at radius 1 is 1.45 bits per heavy atom. The average Bonchev–Trinajstić information content (AvgIpc) is 3.05. The van der Waals surface area contributed by atoms with Crippen molar-refractivity contribution in [3.05, 3.63) is 58.2 Å². The van der Waals surface area contributed by atoms with E-state index in [0.717, 1.165) is 11.3 Å². The number of hydrogen-bond acceptors (Lipinski definition) is 3. The molecule has 1 saturated heterocycles. The van der Waals surface area contributed by atoms with Crippen LogP contribution in [0.25, 0.3) is 0 Å². The molecule has 2 aromatic rings. The van der Waals surface area contributed by atoms with Gasteiger partial charge in [-0.05, 0) is 45.8 Å². The van der Waals surface area contributed by atoms with Crippen LogP contribution in [0.5, 0.6) is 0 Å². The normalized spacial score (nSPS) is 18.8. The molecule has 104 valence electrons. The first-order valence-electron chi connectivity index (χ1n) is 6.03. The van der Waals surface area contributed by atoms with Gasteiger partial charge >= 0.3 is 0 Å². The third-order valence-electron chi connectivity index (χ3n) is 3.10. The first-order chi connectivity index (χ1) is 9.65. The van der Waals surface area contributed by atoms with Crippen LogP contribution < -0.4 is 0 Å². The van der Waals surface area contributed by atoms with Gasteiger partial charge in [-0.25, -0.2) is 4.39 Å². The molecular formula is C14H11BrFNO2S. The molecule has 0 saturated carbocycles. The summed E-state index contributed by atoms with van der Waals surface area (Å²) in [6.07, 6.45) is 1.59. The average molecular weight is 356 g/mol. The minimum Gasteiger partial charge on any atom is -0.467 e. The maximum absolute atomic E-state index is 13.3. The number of furan rings is 1. The van der Waals surface area contributed by atoms with Crippen LogP contribution in [-0.4, -0.2) is 16.6 Å². The predicted molar refractivity (Wildman–Crippen MR) is 78.6 cm³/mol. The van der Waals surface area contributed by atoms with Gasteiger partial charge in [-0.15, -0.1) is 11.8 Å². The van der Waals surface area contributed by atoms with Crippen LogP contribution in [0.1, 0.15) is 16.7 Å². The summed E-state index contributed by atoms with van der Waals surface area (Å²) >= 11 is 4.72. The summed E-state index contributed by atoms with van der Waals surface area (Å²) in [7, 11) is 0. The van der Waals surface area contributed by atoms with E-state index in [1.54, 1.807) is 29.4 Å². The summed E-state index contributed by atoms with van der Waals surface area (Å²) in [4.78, 5) is 13.8. The highest BCUT2D eigenvalue weighted by atomic mass is 79.9. The first-order valence-corrected chi connectivity index (χ1v) is 7.88. The van der Waals surface area contributed by atoms with Crippen LogP contribution in [-0.2, 0) is 11.3 Å². The lowest BCUT2D eigenvalue weighted by molar-refractivity contribution is -0.128. The molecule has 1 unspecified atom stereocenters. The summed E-state index contributed by atoms with van der Waals surface area (Å²) < 4.78 is 19.0. The van der Waals surface area contributed by atoms with E-state index >= 15 is 0 Å². The second-order valence-electron chi connectivity index (χ2n) is 4.44. The molecule has 0 radical (unpaired) electrons. The molecule has 1 fully saturated rings. The van der Waals surface area contributed by atoms with Crippen LogP contribution >= 0.6 is 27.7 Å². The summed E-state index contributed by atoms with van der Waals surface area (Å²) in [5.41, 5.74) is 0.903. The Morgan fingerprint density at radius 3 is 3.00 bits per heavy atom. The van der Waals surface area contributed by atoms with Crippen LogP contribution in [0.15, 0.2) is 45.5 Å².